The summed E-state index contributed by atoms with van der Waals surface area (Å²) in [5.74, 6) is 0.578. The quantitative estimate of drug-likeness (QED) is 0.847. The van der Waals surface area contributed by atoms with Gasteiger partial charge in [0.25, 0.3) is 5.91 Å². The Morgan fingerprint density at radius 1 is 1.52 bits per heavy atom. The molecule has 0 bridgehead atoms. The first-order valence-corrected chi connectivity index (χ1v) is 8.74. The Kier molecular flexibility index (Phi) is 6.52. The van der Waals surface area contributed by atoms with Crippen LogP contribution in [0.1, 0.15) is 36.5 Å². The highest BCUT2D eigenvalue weighted by Crippen LogP contribution is 2.27. The van der Waals surface area contributed by atoms with Gasteiger partial charge in [-0.2, -0.15) is 0 Å². The molecule has 1 N–H and O–H groups in total. The molecule has 1 amide bonds. The van der Waals surface area contributed by atoms with Crippen LogP contribution in [-0.2, 0) is 0 Å². The molecular formula is C16H22BrClN2O. The van der Waals surface area contributed by atoms with E-state index in [4.69, 9.17) is 11.6 Å². The van der Waals surface area contributed by atoms with Crippen LogP contribution in [0.4, 0.5) is 0 Å². The molecule has 1 saturated heterocycles. The molecular weight excluding hydrogens is 352 g/mol. The van der Waals surface area contributed by atoms with E-state index in [2.05, 4.69) is 28.2 Å². The number of benzene rings is 1. The van der Waals surface area contributed by atoms with Crippen molar-refractivity contribution < 1.29 is 4.79 Å². The van der Waals surface area contributed by atoms with Crippen LogP contribution in [0.25, 0.3) is 0 Å². The van der Waals surface area contributed by atoms with Gasteiger partial charge >= 0.3 is 0 Å². The van der Waals surface area contributed by atoms with Gasteiger partial charge in [-0.05, 0) is 66.3 Å². The Morgan fingerprint density at radius 3 is 3.00 bits per heavy atom. The van der Waals surface area contributed by atoms with Gasteiger partial charge in [-0.15, -0.1) is 0 Å². The zero-order chi connectivity index (χ0) is 15.2. The number of nitrogens with zero attached hydrogens (tertiary/aromatic N) is 1. The standard InChI is InChI=1S/C16H22BrClN2O/c1-2-9-20(11-12-5-4-8-19-10-12)16(21)13-6-3-7-14(17)15(13)18/h3,6-7,12,19H,2,4-5,8-11H2,1H3. The highest BCUT2D eigenvalue weighted by Gasteiger charge is 2.23. The fourth-order valence-electron chi connectivity index (χ4n) is 2.78. The number of nitrogens with one attached hydrogen (secondary N) is 1. The Labute approximate surface area is 140 Å². The second kappa shape index (κ2) is 8.16. The zero-order valence-corrected chi connectivity index (χ0v) is 14.7. The summed E-state index contributed by atoms with van der Waals surface area (Å²) in [6.45, 7) is 5.78. The smallest absolute Gasteiger partial charge is 0.255 e. The van der Waals surface area contributed by atoms with Gasteiger partial charge in [-0.1, -0.05) is 24.6 Å². The maximum Gasteiger partial charge on any atom is 0.255 e. The molecule has 0 radical (unpaired) electrons. The van der Waals surface area contributed by atoms with E-state index < -0.39 is 0 Å². The number of halogens is 2. The number of piperidine rings is 1. The van der Waals surface area contributed by atoms with Gasteiger partial charge in [-0.25, -0.2) is 0 Å². The van der Waals surface area contributed by atoms with Crippen LogP contribution < -0.4 is 5.32 Å². The van der Waals surface area contributed by atoms with E-state index in [1.807, 2.05) is 17.0 Å². The molecule has 0 aliphatic carbocycles. The second-order valence-electron chi connectivity index (χ2n) is 5.56. The van der Waals surface area contributed by atoms with Crippen LogP contribution in [0, 0.1) is 5.92 Å². The molecule has 1 heterocycles. The van der Waals surface area contributed by atoms with Crippen LogP contribution >= 0.6 is 27.5 Å². The maximum absolute atomic E-state index is 12.8. The third-order valence-corrected chi connectivity index (χ3v) is 5.14. The van der Waals surface area contributed by atoms with Gasteiger partial charge in [0.2, 0.25) is 0 Å². The molecule has 21 heavy (non-hydrogen) atoms. The Hall–Kier alpha value is -0.580. The van der Waals surface area contributed by atoms with E-state index in [1.54, 1.807) is 6.07 Å². The predicted octanol–water partition coefficient (Wildman–Crippen LogP) is 3.95. The van der Waals surface area contributed by atoms with Crippen molar-refractivity contribution in [3.05, 3.63) is 33.3 Å². The SMILES string of the molecule is CCCN(CC1CCCNC1)C(=O)c1cccc(Br)c1Cl. The zero-order valence-electron chi connectivity index (χ0n) is 12.4. The van der Waals surface area contributed by atoms with E-state index in [1.165, 1.54) is 12.8 Å². The lowest BCUT2D eigenvalue weighted by molar-refractivity contribution is 0.0719. The van der Waals surface area contributed by atoms with Crippen LogP contribution in [0.15, 0.2) is 22.7 Å². The number of amides is 1. The summed E-state index contributed by atoms with van der Waals surface area (Å²) in [5.41, 5.74) is 0.586. The normalized spacial score (nSPS) is 18.5. The van der Waals surface area contributed by atoms with Crippen molar-refractivity contribution in [1.29, 1.82) is 0 Å². The Balaban J connectivity index is 2.12. The van der Waals surface area contributed by atoms with Crippen LogP contribution in [0.3, 0.4) is 0 Å². The molecule has 0 spiro atoms. The van der Waals surface area contributed by atoms with E-state index in [0.717, 1.165) is 37.1 Å². The minimum absolute atomic E-state index is 0.0359. The van der Waals surface area contributed by atoms with Gasteiger partial charge < -0.3 is 10.2 Å². The molecule has 116 valence electrons. The third-order valence-electron chi connectivity index (χ3n) is 3.84. The molecule has 1 fully saturated rings. The first-order valence-electron chi connectivity index (χ1n) is 7.57. The summed E-state index contributed by atoms with van der Waals surface area (Å²) in [6, 6.07) is 5.51. The van der Waals surface area contributed by atoms with Crippen LogP contribution in [0.5, 0.6) is 0 Å². The summed E-state index contributed by atoms with van der Waals surface area (Å²) >= 11 is 9.66. The lowest BCUT2D eigenvalue weighted by atomic mass is 9.98. The van der Waals surface area contributed by atoms with Crippen molar-refractivity contribution in [2.75, 3.05) is 26.2 Å². The first-order chi connectivity index (χ1) is 10.1. The molecule has 1 atom stereocenters. The first kappa shape index (κ1) is 16.8. The van der Waals surface area contributed by atoms with Gasteiger partial charge in [0, 0.05) is 17.6 Å². The lowest BCUT2D eigenvalue weighted by Gasteiger charge is -2.30. The maximum atomic E-state index is 12.8. The Morgan fingerprint density at radius 2 is 2.33 bits per heavy atom. The second-order valence-corrected chi connectivity index (χ2v) is 6.80. The summed E-state index contributed by atoms with van der Waals surface area (Å²) in [5, 5.41) is 3.91. The van der Waals surface area contributed by atoms with Crippen molar-refractivity contribution >= 4 is 33.4 Å². The summed E-state index contributed by atoms with van der Waals surface area (Å²) in [4.78, 5) is 14.7. The number of carbonyl (C=O) groups is 1. The molecule has 1 aromatic rings. The fraction of sp³-hybridized carbons (Fsp3) is 0.562. The average molecular weight is 374 g/mol. The molecule has 2 rings (SSSR count). The molecule has 0 saturated carbocycles. The lowest BCUT2D eigenvalue weighted by Crippen LogP contribution is -2.41. The van der Waals surface area contributed by atoms with E-state index in [-0.39, 0.29) is 5.91 Å². The molecule has 1 aromatic carbocycles. The molecule has 1 aliphatic heterocycles. The monoisotopic (exact) mass is 372 g/mol. The van der Waals surface area contributed by atoms with Crippen molar-refractivity contribution in [1.82, 2.24) is 10.2 Å². The van der Waals surface area contributed by atoms with E-state index in [0.29, 0.717) is 16.5 Å². The molecule has 3 nitrogen and oxygen atoms in total. The summed E-state index contributed by atoms with van der Waals surface area (Å²) in [7, 11) is 0. The van der Waals surface area contributed by atoms with Crippen LogP contribution in [0.2, 0.25) is 5.02 Å². The van der Waals surface area contributed by atoms with Crippen LogP contribution in [-0.4, -0.2) is 37.0 Å². The van der Waals surface area contributed by atoms with Crippen molar-refractivity contribution in [3.63, 3.8) is 0 Å². The minimum Gasteiger partial charge on any atom is -0.338 e. The average Bonchev–Trinajstić information content (AvgIpc) is 2.50. The van der Waals surface area contributed by atoms with Crippen molar-refractivity contribution in [2.24, 2.45) is 5.92 Å². The van der Waals surface area contributed by atoms with Gasteiger partial charge in [0.1, 0.15) is 0 Å². The number of hydrogen-bond acceptors (Lipinski definition) is 2. The number of carbonyl (C=O) groups excluding carboxylic acids is 1. The highest BCUT2D eigenvalue weighted by molar-refractivity contribution is 9.10. The van der Waals surface area contributed by atoms with E-state index >= 15 is 0 Å². The third kappa shape index (κ3) is 4.44. The summed E-state index contributed by atoms with van der Waals surface area (Å²) < 4.78 is 0.769. The predicted molar refractivity (Wildman–Crippen MR) is 90.9 cm³/mol. The van der Waals surface area contributed by atoms with Gasteiger partial charge in [0.15, 0.2) is 0 Å². The summed E-state index contributed by atoms with van der Waals surface area (Å²) in [6.07, 6.45) is 3.33. The van der Waals surface area contributed by atoms with Gasteiger partial charge in [0.05, 0.1) is 10.6 Å². The highest BCUT2D eigenvalue weighted by atomic mass is 79.9. The Bertz CT molecular complexity index is 489. The number of hydrogen-bond donors (Lipinski definition) is 1. The molecule has 5 heteroatoms. The largest absolute Gasteiger partial charge is 0.338 e. The van der Waals surface area contributed by atoms with Gasteiger partial charge in [-0.3, -0.25) is 4.79 Å². The minimum atomic E-state index is 0.0359. The van der Waals surface area contributed by atoms with Crippen molar-refractivity contribution in [2.45, 2.75) is 26.2 Å². The van der Waals surface area contributed by atoms with E-state index in [9.17, 15) is 4.79 Å². The number of rotatable bonds is 5. The molecule has 1 unspecified atom stereocenters. The molecule has 0 aromatic heterocycles. The fourth-order valence-corrected chi connectivity index (χ4v) is 3.35. The molecule has 1 aliphatic rings. The topological polar surface area (TPSA) is 32.3 Å². The van der Waals surface area contributed by atoms with Crippen molar-refractivity contribution in [3.8, 4) is 0 Å².